The zero-order chi connectivity index (χ0) is 16.9. The first-order chi connectivity index (χ1) is 10.9. The summed E-state index contributed by atoms with van der Waals surface area (Å²) in [4.78, 5) is -0.620. The predicted octanol–water partition coefficient (Wildman–Crippen LogP) is 2.30. The van der Waals surface area contributed by atoms with Gasteiger partial charge in [0.2, 0.25) is 10.0 Å². The van der Waals surface area contributed by atoms with Gasteiger partial charge in [0.15, 0.2) is 0 Å². The zero-order valence-electron chi connectivity index (χ0n) is 12.1. The lowest BCUT2D eigenvalue weighted by atomic mass is 10.2. The summed E-state index contributed by atoms with van der Waals surface area (Å²) in [6, 6.07) is 9.15. The van der Waals surface area contributed by atoms with Gasteiger partial charge in [-0.15, -0.1) is 0 Å². The number of sulfonamides is 1. The minimum absolute atomic E-state index is 0.203. The summed E-state index contributed by atoms with van der Waals surface area (Å²) >= 11 is 0. The minimum Gasteiger partial charge on any atom is -0.497 e. The zero-order valence-corrected chi connectivity index (χ0v) is 13.0. The standard InChI is InChI=1S/C16H13F2NO3S/c1-22-14-7-4-12(5-8-14)3-2-10-19-23(20,21)16-9-6-13(17)11-15(16)18/h4-9,11,19H,10H2,1H3. The van der Waals surface area contributed by atoms with Crippen LogP contribution in [0.1, 0.15) is 5.56 Å². The van der Waals surface area contributed by atoms with Gasteiger partial charge in [-0.05, 0) is 36.4 Å². The summed E-state index contributed by atoms with van der Waals surface area (Å²) in [6.45, 7) is -0.203. The Bertz CT molecular complexity index is 853. The number of halogens is 2. The molecule has 0 aliphatic carbocycles. The van der Waals surface area contributed by atoms with E-state index in [1.165, 1.54) is 0 Å². The molecule has 0 spiro atoms. The van der Waals surface area contributed by atoms with Crippen molar-refractivity contribution in [1.29, 1.82) is 0 Å². The van der Waals surface area contributed by atoms with Crippen LogP contribution < -0.4 is 9.46 Å². The van der Waals surface area contributed by atoms with Crippen molar-refractivity contribution in [2.75, 3.05) is 13.7 Å². The highest BCUT2D eigenvalue weighted by molar-refractivity contribution is 7.89. The summed E-state index contributed by atoms with van der Waals surface area (Å²) in [6.07, 6.45) is 0. The highest BCUT2D eigenvalue weighted by atomic mass is 32.2. The molecule has 120 valence electrons. The number of ether oxygens (including phenoxy) is 1. The van der Waals surface area contributed by atoms with Crippen molar-refractivity contribution in [2.24, 2.45) is 0 Å². The average Bonchev–Trinajstić information content (AvgIpc) is 2.52. The van der Waals surface area contributed by atoms with E-state index in [9.17, 15) is 17.2 Å². The fourth-order valence-corrected chi connectivity index (χ4v) is 2.70. The van der Waals surface area contributed by atoms with Gasteiger partial charge in [0.05, 0.1) is 13.7 Å². The largest absolute Gasteiger partial charge is 0.497 e. The molecule has 0 saturated carbocycles. The fraction of sp³-hybridized carbons (Fsp3) is 0.125. The fourth-order valence-electron chi connectivity index (χ4n) is 1.72. The highest BCUT2D eigenvalue weighted by Gasteiger charge is 2.18. The summed E-state index contributed by atoms with van der Waals surface area (Å²) in [5.74, 6) is 4.06. The van der Waals surface area contributed by atoms with Crippen molar-refractivity contribution < 1.29 is 21.9 Å². The molecule has 0 atom stereocenters. The van der Waals surface area contributed by atoms with Crippen LogP contribution in [0.5, 0.6) is 5.75 Å². The lowest BCUT2D eigenvalue weighted by Gasteiger charge is -2.04. The first-order valence-electron chi connectivity index (χ1n) is 6.50. The molecule has 0 aliphatic heterocycles. The Morgan fingerprint density at radius 2 is 1.83 bits per heavy atom. The van der Waals surface area contributed by atoms with Gasteiger partial charge in [-0.2, -0.15) is 4.72 Å². The maximum atomic E-state index is 13.5. The number of hydrogen-bond donors (Lipinski definition) is 1. The van der Waals surface area contributed by atoms with E-state index < -0.39 is 26.6 Å². The van der Waals surface area contributed by atoms with Gasteiger partial charge in [0.25, 0.3) is 0 Å². The van der Waals surface area contributed by atoms with Crippen molar-refractivity contribution in [3.63, 3.8) is 0 Å². The maximum absolute atomic E-state index is 13.5. The second-order valence-electron chi connectivity index (χ2n) is 4.43. The molecule has 1 N–H and O–H groups in total. The van der Waals surface area contributed by atoms with Crippen molar-refractivity contribution in [3.8, 4) is 17.6 Å². The molecule has 0 saturated heterocycles. The minimum atomic E-state index is -4.09. The Morgan fingerprint density at radius 1 is 1.13 bits per heavy atom. The lowest BCUT2D eigenvalue weighted by molar-refractivity contribution is 0.415. The highest BCUT2D eigenvalue weighted by Crippen LogP contribution is 2.15. The number of nitrogens with one attached hydrogen (secondary N) is 1. The summed E-state index contributed by atoms with van der Waals surface area (Å²) in [5.41, 5.74) is 0.679. The quantitative estimate of drug-likeness (QED) is 0.871. The molecule has 2 aromatic carbocycles. The second kappa shape index (κ2) is 7.22. The van der Waals surface area contributed by atoms with Crippen molar-refractivity contribution in [2.45, 2.75) is 4.90 Å². The first-order valence-corrected chi connectivity index (χ1v) is 7.98. The Balaban J connectivity index is 2.04. The Kier molecular flexibility index (Phi) is 5.32. The monoisotopic (exact) mass is 337 g/mol. The molecule has 0 heterocycles. The van der Waals surface area contributed by atoms with Crippen molar-refractivity contribution in [1.82, 2.24) is 4.72 Å². The van der Waals surface area contributed by atoms with Crippen molar-refractivity contribution >= 4 is 10.0 Å². The molecular formula is C16H13F2NO3S. The number of rotatable bonds is 4. The third-order valence-corrected chi connectivity index (χ3v) is 4.29. The van der Waals surface area contributed by atoms with Gasteiger partial charge in [0.1, 0.15) is 22.3 Å². The molecule has 0 fully saturated rings. The number of benzene rings is 2. The molecular weight excluding hydrogens is 324 g/mol. The third-order valence-electron chi connectivity index (χ3n) is 2.86. The topological polar surface area (TPSA) is 55.4 Å². The SMILES string of the molecule is COc1ccc(C#CCNS(=O)(=O)c2ccc(F)cc2F)cc1. The van der Waals surface area contributed by atoms with E-state index in [0.29, 0.717) is 17.4 Å². The third kappa shape index (κ3) is 4.52. The summed E-state index contributed by atoms with van der Waals surface area (Å²) in [5, 5.41) is 0. The molecule has 2 rings (SSSR count). The molecule has 0 amide bonds. The number of hydrogen-bond acceptors (Lipinski definition) is 3. The first kappa shape index (κ1) is 16.9. The van der Waals surface area contributed by atoms with E-state index in [4.69, 9.17) is 4.74 Å². The van der Waals surface area contributed by atoms with E-state index in [1.54, 1.807) is 31.4 Å². The van der Waals surface area contributed by atoms with E-state index >= 15 is 0 Å². The Labute approximate surface area is 133 Å². The van der Waals surface area contributed by atoms with E-state index in [2.05, 4.69) is 16.6 Å². The molecule has 0 radical (unpaired) electrons. The normalized spacial score (nSPS) is 10.7. The molecule has 0 unspecified atom stereocenters. The predicted molar refractivity (Wildman–Crippen MR) is 81.4 cm³/mol. The average molecular weight is 337 g/mol. The van der Waals surface area contributed by atoms with Gasteiger partial charge in [-0.1, -0.05) is 11.8 Å². The van der Waals surface area contributed by atoms with Crippen LogP contribution in [0.4, 0.5) is 8.78 Å². The maximum Gasteiger partial charge on any atom is 0.244 e. The van der Waals surface area contributed by atoms with Crippen LogP contribution in [-0.2, 0) is 10.0 Å². The Hall–Kier alpha value is -2.43. The summed E-state index contributed by atoms with van der Waals surface area (Å²) < 4.78 is 57.2. The second-order valence-corrected chi connectivity index (χ2v) is 6.16. The van der Waals surface area contributed by atoms with Gasteiger partial charge in [0, 0.05) is 11.6 Å². The van der Waals surface area contributed by atoms with E-state index in [0.717, 1.165) is 12.1 Å². The molecule has 4 nitrogen and oxygen atoms in total. The van der Waals surface area contributed by atoms with Crippen LogP contribution in [0.15, 0.2) is 47.4 Å². The van der Waals surface area contributed by atoms with Gasteiger partial charge in [-0.3, -0.25) is 0 Å². The van der Waals surface area contributed by atoms with Crippen LogP contribution in [-0.4, -0.2) is 22.1 Å². The van der Waals surface area contributed by atoms with E-state index in [1.807, 2.05) is 0 Å². The van der Waals surface area contributed by atoms with Crippen molar-refractivity contribution in [3.05, 3.63) is 59.7 Å². The molecule has 2 aromatic rings. The molecule has 0 aliphatic rings. The van der Waals surface area contributed by atoms with Gasteiger partial charge < -0.3 is 4.74 Å². The van der Waals surface area contributed by atoms with Crippen LogP contribution in [0.2, 0.25) is 0 Å². The number of methoxy groups -OCH3 is 1. The molecule has 23 heavy (non-hydrogen) atoms. The van der Waals surface area contributed by atoms with Crippen LogP contribution in [0.3, 0.4) is 0 Å². The van der Waals surface area contributed by atoms with Crippen LogP contribution in [0, 0.1) is 23.5 Å². The smallest absolute Gasteiger partial charge is 0.244 e. The lowest BCUT2D eigenvalue weighted by Crippen LogP contribution is -2.25. The Morgan fingerprint density at radius 3 is 2.43 bits per heavy atom. The van der Waals surface area contributed by atoms with Gasteiger partial charge >= 0.3 is 0 Å². The molecule has 0 bridgehead atoms. The van der Waals surface area contributed by atoms with Gasteiger partial charge in [-0.25, -0.2) is 17.2 Å². The van der Waals surface area contributed by atoms with E-state index in [-0.39, 0.29) is 6.54 Å². The molecule has 7 heteroatoms. The molecule has 0 aromatic heterocycles. The van der Waals surface area contributed by atoms with Crippen LogP contribution in [0.25, 0.3) is 0 Å². The summed E-state index contributed by atoms with van der Waals surface area (Å²) in [7, 11) is -2.54. The van der Waals surface area contributed by atoms with Crippen LogP contribution >= 0.6 is 0 Å².